The number of hydrogen-bond acceptors (Lipinski definition) is 4. The average molecular weight is 278 g/mol. The van der Waals surface area contributed by atoms with E-state index in [0.717, 1.165) is 0 Å². The first-order valence-corrected chi connectivity index (χ1v) is 7.19. The van der Waals surface area contributed by atoms with Gasteiger partial charge in [0.05, 0.1) is 16.6 Å². The van der Waals surface area contributed by atoms with Crippen molar-refractivity contribution < 1.29 is 13.5 Å². The SMILES string of the molecule is CC(NS(=O)(=O)c1cccc(O)c1)c1ccccn1. The monoisotopic (exact) mass is 278 g/mol. The molecule has 2 N–H and O–H groups in total. The highest BCUT2D eigenvalue weighted by Crippen LogP contribution is 2.18. The second-order valence-electron chi connectivity index (χ2n) is 4.09. The van der Waals surface area contributed by atoms with Gasteiger partial charge in [-0.3, -0.25) is 4.98 Å². The highest BCUT2D eigenvalue weighted by atomic mass is 32.2. The molecule has 6 heteroatoms. The summed E-state index contributed by atoms with van der Waals surface area (Å²) in [6, 6.07) is 10.4. The van der Waals surface area contributed by atoms with Crippen LogP contribution in [0, 0.1) is 0 Å². The van der Waals surface area contributed by atoms with Crippen LogP contribution in [0.1, 0.15) is 18.7 Å². The highest BCUT2D eigenvalue weighted by Gasteiger charge is 2.19. The molecule has 19 heavy (non-hydrogen) atoms. The lowest BCUT2D eigenvalue weighted by molar-refractivity contribution is 0.473. The molecule has 0 bridgehead atoms. The summed E-state index contributed by atoms with van der Waals surface area (Å²) in [6.07, 6.45) is 1.61. The third kappa shape index (κ3) is 3.30. The van der Waals surface area contributed by atoms with Crippen molar-refractivity contribution in [3.05, 3.63) is 54.4 Å². The molecule has 2 aromatic rings. The molecule has 0 aliphatic carbocycles. The highest BCUT2D eigenvalue weighted by molar-refractivity contribution is 7.89. The van der Waals surface area contributed by atoms with E-state index in [1.807, 2.05) is 0 Å². The number of nitrogens with zero attached hydrogens (tertiary/aromatic N) is 1. The Morgan fingerprint density at radius 3 is 2.63 bits per heavy atom. The van der Waals surface area contributed by atoms with Gasteiger partial charge in [-0.1, -0.05) is 12.1 Å². The van der Waals surface area contributed by atoms with Gasteiger partial charge in [-0.2, -0.15) is 0 Å². The number of phenols is 1. The van der Waals surface area contributed by atoms with Gasteiger partial charge in [0.15, 0.2) is 0 Å². The second-order valence-corrected chi connectivity index (χ2v) is 5.81. The second kappa shape index (κ2) is 5.38. The van der Waals surface area contributed by atoms with Crippen LogP contribution in [0.25, 0.3) is 0 Å². The Hall–Kier alpha value is -1.92. The molecule has 0 saturated heterocycles. The standard InChI is InChI=1S/C13H14N2O3S/c1-10(13-7-2-3-8-14-13)15-19(17,18)12-6-4-5-11(16)9-12/h2-10,15-16H,1H3. The maximum atomic E-state index is 12.1. The molecule has 100 valence electrons. The summed E-state index contributed by atoms with van der Waals surface area (Å²) >= 11 is 0. The van der Waals surface area contributed by atoms with Crippen LogP contribution in [-0.4, -0.2) is 18.5 Å². The van der Waals surface area contributed by atoms with Crippen LogP contribution >= 0.6 is 0 Å². The summed E-state index contributed by atoms with van der Waals surface area (Å²) in [5.41, 5.74) is 0.631. The van der Waals surface area contributed by atoms with Gasteiger partial charge < -0.3 is 5.11 Å². The van der Waals surface area contributed by atoms with Crippen LogP contribution in [0.15, 0.2) is 53.6 Å². The minimum absolute atomic E-state index is 0.0234. The van der Waals surface area contributed by atoms with E-state index >= 15 is 0 Å². The third-order valence-corrected chi connectivity index (χ3v) is 4.13. The van der Waals surface area contributed by atoms with Crippen LogP contribution < -0.4 is 4.72 Å². The molecule has 0 amide bonds. The molecule has 0 spiro atoms. The summed E-state index contributed by atoms with van der Waals surface area (Å²) in [4.78, 5) is 4.12. The maximum Gasteiger partial charge on any atom is 0.241 e. The molecule has 0 fully saturated rings. The van der Waals surface area contributed by atoms with Crippen LogP contribution in [-0.2, 0) is 10.0 Å². The lowest BCUT2D eigenvalue weighted by Gasteiger charge is -2.13. The first-order valence-electron chi connectivity index (χ1n) is 5.71. The number of phenolic OH excluding ortho intramolecular Hbond substituents is 1. The molecule has 1 heterocycles. The van der Waals surface area contributed by atoms with Gasteiger partial charge in [0.2, 0.25) is 10.0 Å². The quantitative estimate of drug-likeness (QED) is 0.894. The fourth-order valence-electron chi connectivity index (χ4n) is 1.64. The van der Waals surface area contributed by atoms with Gasteiger partial charge in [0.25, 0.3) is 0 Å². The molecule has 1 atom stereocenters. The van der Waals surface area contributed by atoms with E-state index in [4.69, 9.17) is 0 Å². The number of hydrogen-bond donors (Lipinski definition) is 2. The van der Waals surface area contributed by atoms with Crippen molar-refractivity contribution in [3.63, 3.8) is 0 Å². The number of aromatic hydroxyl groups is 1. The minimum atomic E-state index is -3.68. The molecule has 1 unspecified atom stereocenters. The predicted molar refractivity (Wildman–Crippen MR) is 71.1 cm³/mol. The van der Waals surface area contributed by atoms with Crippen LogP contribution in [0.3, 0.4) is 0 Å². The Bertz CT molecular complexity index is 657. The normalized spacial score (nSPS) is 13.1. The number of benzene rings is 1. The number of nitrogens with one attached hydrogen (secondary N) is 1. The zero-order valence-corrected chi connectivity index (χ0v) is 11.1. The molecule has 1 aromatic heterocycles. The zero-order valence-electron chi connectivity index (χ0n) is 10.3. The number of sulfonamides is 1. The summed E-state index contributed by atoms with van der Waals surface area (Å²) in [5.74, 6) is -0.0895. The molecule has 0 aliphatic rings. The molecule has 0 saturated carbocycles. The summed E-state index contributed by atoms with van der Waals surface area (Å²) < 4.78 is 26.8. The Labute approximate surface area is 112 Å². The summed E-state index contributed by atoms with van der Waals surface area (Å²) in [5, 5.41) is 9.32. The Morgan fingerprint density at radius 2 is 2.00 bits per heavy atom. The number of pyridine rings is 1. The first-order chi connectivity index (χ1) is 8.99. The molecule has 1 aromatic carbocycles. The van der Waals surface area contributed by atoms with E-state index in [0.29, 0.717) is 5.69 Å². The predicted octanol–water partition coefficient (Wildman–Crippen LogP) is 1.83. The van der Waals surface area contributed by atoms with Gasteiger partial charge in [-0.05, 0) is 37.3 Å². The summed E-state index contributed by atoms with van der Waals surface area (Å²) in [6.45, 7) is 1.71. The lowest BCUT2D eigenvalue weighted by atomic mass is 10.2. The van der Waals surface area contributed by atoms with E-state index < -0.39 is 16.1 Å². The molecule has 5 nitrogen and oxygen atoms in total. The van der Waals surface area contributed by atoms with Crippen LogP contribution in [0.5, 0.6) is 5.75 Å². The fourth-order valence-corrected chi connectivity index (χ4v) is 2.90. The third-order valence-electron chi connectivity index (χ3n) is 2.59. The lowest BCUT2D eigenvalue weighted by Crippen LogP contribution is -2.27. The van der Waals surface area contributed by atoms with Gasteiger partial charge in [-0.15, -0.1) is 0 Å². The molecular weight excluding hydrogens is 264 g/mol. The number of aromatic nitrogens is 1. The first kappa shape index (κ1) is 13.5. The van der Waals surface area contributed by atoms with Crippen LogP contribution in [0.4, 0.5) is 0 Å². The van der Waals surface area contributed by atoms with E-state index in [2.05, 4.69) is 9.71 Å². The van der Waals surface area contributed by atoms with Gasteiger partial charge in [-0.25, -0.2) is 13.1 Å². The average Bonchev–Trinajstić information content (AvgIpc) is 2.39. The van der Waals surface area contributed by atoms with Crippen molar-refractivity contribution in [2.24, 2.45) is 0 Å². The Balaban J connectivity index is 2.23. The van der Waals surface area contributed by atoms with Crippen molar-refractivity contribution >= 4 is 10.0 Å². The van der Waals surface area contributed by atoms with Crippen molar-refractivity contribution in [3.8, 4) is 5.75 Å². The number of rotatable bonds is 4. The van der Waals surface area contributed by atoms with Crippen LogP contribution in [0.2, 0.25) is 0 Å². The van der Waals surface area contributed by atoms with E-state index in [9.17, 15) is 13.5 Å². The van der Waals surface area contributed by atoms with Crippen molar-refractivity contribution in [2.75, 3.05) is 0 Å². The molecule has 0 radical (unpaired) electrons. The molecule has 2 rings (SSSR count). The molecular formula is C13H14N2O3S. The molecule has 0 aliphatic heterocycles. The van der Waals surface area contributed by atoms with E-state index in [1.165, 1.54) is 24.3 Å². The van der Waals surface area contributed by atoms with Gasteiger partial charge in [0, 0.05) is 6.20 Å². The topological polar surface area (TPSA) is 79.3 Å². The van der Waals surface area contributed by atoms with Gasteiger partial charge in [0.1, 0.15) is 5.75 Å². The largest absolute Gasteiger partial charge is 0.508 e. The maximum absolute atomic E-state index is 12.1. The van der Waals surface area contributed by atoms with E-state index in [-0.39, 0.29) is 10.6 Å². The van der Waals surface area contributed by atoms with Gasteiger partial charge >= 0.3 is 0 Å². The Morgan fingerprint density at radius 1 is 1.21 bits per heavy atom. The Kier molecular flexibility index (Phi) is 3.82. The smallest absolute Gasteiger partial charge is 0.241 e. The van der Waals surface area contributed by atoms with Crippen molar-refractivity contribution in [2.45, 2.75) is 17.9 Å². The summed E-state index contributed by atoms with van der Waals surface area (Å²) in [7, 11) is -3.68. The minimum Gasteiger partial charge on any atom is -0.508 e. The zero-order chi connectivity index (χ0) is 13.9. The van der Waals surface area contributed by atoms with E-state index in [1.54, 1.807) is 31.3 Å². The van der Waals surface area contributed by atoms with Crippen molar-refractivity contribution in [1.82, 2.24) is 9.71 Å². The fraction of sp³-hybridized carbons (Fsp3) is 0.154. The van der Waals surface area contributed by atoms with Crippen molar-refractivity contribution in [1.29, 1.82) is 0 Å².